The van der Waals surface area contributed by atoms with Gasteiger partial charge < -0.3 is 14.6 Å². The molecule has 0 saturated carbocycles. The molecule has 1 amide bonds. The highest BCUT2D eigenvalue weighted by atomic mass is 79.9. The van der Waals surface area contributed by atoms with Gasteiger partial charge >= 0.3 is 0 Å². The first-order chi connectivity index (χ1) is 12.2. The van der Waals surface area contributed by atoms with Crippen LogP contribution in [0.4, 0.5) is 0 Å². The molecule has 1 aromatic heterocycles. The Bertz CT molecular complexity index is 919. The van der Waals surface area contributed by atoms with Crippen molar-refractivity contribution in [3.05, 3.63) is 64.8 Å². The topological polar surface area (TPSA) is 43.3 Å². The molecule has 0 saturated heterocycles. The lowest BCUT2D eigenvalue weighted by molar-refractivity contribution is -0.122. The Kier molecular flexibility index (Phi) is 4.49. The summed E-state index contributed by atoms with van der Waals surface area (Å²) in [5.74, 6) is 0.923. The average Bonchev–Trinajstić information content (AvgIpc) is 3.04. The van der Waals surface area contributed by atoms with Crippen molar-refractivity contribution < 1.29 is 9.53 Å². The van der Waals surface area contributed by atoms with E-state index >= 15 is 0 Å². The normalized spacial score (nSPS) is 16.3. The highest BCUT2D eigenvalue weighted by Crippen LogP contribution is 2.34. The first kappa shape index (κ1) is 16.2. The van der Waals surface area contributed by atoms with Crippen molar-refractivity contribution in [2.24, 2.45) is 0 Å². The molecule has 2 heterocycles. The summed E-state index contributed by atoms with van der Waals surface area (Å²) in [7, 11) is 0. The SMILES string of the molecule is O=C(CCn1ccc2ccccc21)NC1CCOc2ccc(Br)cc21. The zero-order valence-corrected chi connectivity index (χ0v) is 15.3. The smallest absolute Gasteiger partial charge is 0.222 e. The van der Waals surface area contributed by atoms with Crippen molar-refractivity contribution in [1.82, 2.24) is 9.88 Å². The summed E-state index contributed by atoms with van der Waals surface area (Å²) in [4.78, 5) is 12.5. The molecule has 4 nitrogen and oxygen atoms in total. The quantitative estimate of drug-likeness (QED) is 0.705. The van der Waals surface area contributed by atoms with Gasteiger partial charge in [0, 0.05) is 41.1 Å². The second-order valence-corrected chi connectivity index (χ2v) is 7.17. The van der Waals surface area contributed by atoms with Crippen LogP contribution in [0.1, 0.15) is 24.4 Å². The molecule has 0 spiro atoms. The first-order valence-corrected chi connectivity index (χ1v) is 9.25. The van der Waals surface area contributed by atoms with E-state index in [0.717, 1.165) is 27.7 Å². The van der Waals surface area contributed by atoms with E-state index in [4.69, 9.17) is 4.74 Å². The number of ether oxygens (including phenoxy) is 1. The van der Waals surface area contributed by atoms with E-state index in [-0.39, 0.29) is 11.9 Å². The fourth-order valence-electron chi connectivity index (χ4n) is 3.34. The Morgan fingerprint density at radius 2 is 2.12 bits per heavy atom. The maximum absolute atomic E-state index is 12.5. The number of fused-ring (bicyclic) bond motifs is 2. The summed E-state index contributed by atoms with van der Waals surface area (Å²) < 4.78 is 8.80. The van der Waals surface area contributed by atoms with Crippen molar-refractivity contribution in [2.45, 2.75) is 25.4 Å². The Morgan fingerprint density at radius 3 is 3.04 bits per heavy atom. The van der Waals surface area contributed by atoms with Gasteiger partial charge in [0.15, 0.2) is 0 Å². The van der Waals surface area contributed by atoms with Crippen LogP contribution in [0, 0.1) is 0 Å². The Hall–Kier alpha value is -2.27. The maximum Gasteiger partial charge on any atom is 0.222 e. The minimum Gasteiger partial charge on any atom is -0.493 e. The highest BCUT2D eigenvalue weighted by Gasteiger charge is 2.23. The van der Waals surface area contributed by atoms with Crippen molar-refractivity contribution in [3.63, 3.8) is 0 Å². The number of aromatic nitrogens is 1. The summed E-state index contributed by atoms with van der Waals surface area (Å²) in [6, 6.07) is 16.2. The lowest BCUT2D eigenvalue weighted by atomic mass is 10.0. The second-order valence-electron chi connectivity index (χ2n) is 6.26. The molecule has 5 heteroatoms. The largest absolute Gasteiger partial charge is 0.493 e. The zero-order chi connectivity index (χ0) is 17.2. The molecule has 1 aliphatic heterocycles. The molecule has 0 bridgehead atoms. The second kappa shape index (κ2) is 6.92. The summed E-state index contributed by atoms with van der Waals surface area (Å²) in [5, 5.41) is 4.36. The third-order valence-corrected chi connectivity index (χ3v) is 5.10. The molecule has 0 aliphatic carbocycles. The standard InChI is InChI=1S/C20H19BrN2O2/c21-15-5-6-19-16(13-15)17(9-12-25-19)22-20(24)8-11-23-10-7-14-3-1-2-4-18(14)23/h1-7,10,13,17H,8-9,11-12H2,(H,22,24). The number of carbonyl (C=O) groups excluding carboxylic acids is 1. The van der Waals surface area contributed by atoms with E-state index in [9.17, 15) is 4.79 Å². The minimum absolute atomic E-state index is 0.00940. The van der Waals surface area contributed by atoms with Crippen LogP contribution in [0.25, 0.3) is 10.9 Å². The summed E-state index contributed by atoms with van der Waals surface area (Å²) in [6.07, 6.45) is 3.29. The van der Waals surface area contributed by atoms with Crippen molar-refractivity contribution >= 4 is 32.7 Å². The van der Waals surface area contributed by atoms with Crippen LogP contribution in [0.2, 0.25) is 0 Å². The fourth-order valence-corrected chi connectivity index (χ4v) is 3.72. The number of carbonyl (C=O) groups is 1. The predicted octanol–water partition coefficient (Wildman–Crippen LogP) is 4.43. The predicted molar refractivity (Wildman–Crippen MR) is 102 cm³/mol. The Morgan fingerprint density at radius 1 is 1.24 bits per heavy atom. The molecular formula is C20H19BrN2O2. The zero-order valence-electron chi connectivity index (χ0n) is 13.7. The Balaban J connectivity index is 1.42. The van der Waals surface area contributed by atoms with E-state index in [0.29, 0.717) is 19.6 Å². The lowest BCUT2D eigenvalue weighted by Gasteiger charge is -2.27. The van der Waals surface area contributed by atoms with Gasteiger partial charge in [0.1, 0.15) is 5.75 Å². The maximum atomic E-state index is 12.5. The number of hydrogen-bond acceptors (Lipinski definition) is 2. The summed E-state index contributed by atoms with van der Waals surface area (Å²) >= 11 is 3.49. The van der Waals surface area contributed by atoms with Gasteiger partial charge in [-0.1, -0.05) is 34.1 Å². The van der Waals surface area contributed by atoms with E-state index in [2.05, 4.69) is 44.0 Å². The number of amides is 1. The number of hydrogen-bond donors (Lipinski definition) is 1. The number of nitrogens with one attached hydrogen (secondary N) is 1. The third-order valence-electron chi connectivity index (χ3n) is 4.61. The van der Waals surface area contributed by atoms with Crippen LogP contribution >= 0.6 is 15.9 Å². The number of rotatable bonds is 4. The monoisotopic (exact) mass is 398 g/mol. The van der Waals surface area contributed by atoms with Crippen molar-refractivity contribution in [3.8, 4) is 5.75 Å². The van der Waals surface area contributed by atoms with Crippen LogP contribution < -0.4 is 10.1 Å². The number of benzene rings is 2. The summed E-state index contributed by atoms with van der Waals surface area (Å²) in [5.41, 5.74) is 2.20. The van der Waals surface area contributed by atoms with Crippen LogP contribution in [0.15, 0.2) is 59.2 Å². The number of nitrogens with zero attached hydrogens (tertiary/aromatic N) is 1. The molecule has 1 atom stereocenters. The minimum atomic E-state index is 0.00940. The van der Waals surface area contributed by atoms with Gasteiger partial charge in [0.05, 0.1) is 12.6 Å². The highest BCUT2D eigenvalue weighted by molar-refractivity contribution is 9.10. The number of para-hydroxylation sites is 1. The molecule has 3 aromatic rings. The summed E-state index contributed by atoms with van der Waals surface area (Å²) in [6.45, 7) is 1.30. The van der Waals surface area contributed by atoms with Gasteiger partial charge in [0.25, 0.3) is 0 Å². The van der Waals surface area contributed by atoms with E-state index in [1.807, 2.05) is 36.5 Å². The van der Waals surface area contributed by atoms with Gasteiger partial charge in [-0.05, 0) is 35.7 Å². The fraction of sp³-hybridized carbons (Fsp3) is 0.250. The van der Waals surface area contributed by atoms with Crippen LogP contribution in [0.3, 0.4) is 0 Å². The first-order valence-electron chi connectivity index (χ1n) is 8.46. The van der Waals surface area contributed by atoms with Gasteiger partial charge in [-0.25, -0.2) is 0 Å². The molecule has 0 fully saturated rings. The van der Waals surface area contributed by atoms with E-state index < -0.39 is 0 Å². The van der Waals surface area contributed by atoms with E-state index in [1.54, 1.807) is 0 Å². The molecule has 128 valence electrons. The third kappa shape index (κ3) is 3.42. The molecule has 1 unspecified atom stereocenters. The molecule has 2 aromatic carbocycles. The van der Waals surface area contributed by atoms with Gasteiger partial charge in [0.2, 0.25) is 5.91 Å². The number of halogens is 1. The Labute approximate surface area is 154 Å². The molecular weight excluding hydrogens is 380 g/mol. The molecule has 4 rings (SSSR count). The van der Waals surface area contributed by atoms with Gasteiger partial charge in [-0.15, -0.1) is 0 Å². The van der Waals surface area contributed by atoms with Gasteiger partial charge in [-0.3, -0.25) is 4.79 Å². The van der Waals surface area contributed by atoms with Crippen LogP contribution in [-0.2, 0) is 11.3 Å². The number of aryl methyl sites for hydroxylation is 1. The molecule has 1 N–H and O–H groups in total. The lowest BCUT2D eigenvalue weighted by Crippen LogP contribution is -2.32. The van der Waals surface area contributed by atoms with E-state index in [1.165, 1.54) is 5.39 Å². The average molecular weight is 399 g/mol. The molecule has 1 aliphatic rings. The van der Waals surface area contributed by atoms with Gasteiger partial charge in [-0.2, -0.15) is 0 Å². The molecule has 25 heavy (non-hydrogen) atoms. The van der Waals surface area contributed by atoms with Crippen LogP contribution in [-0.4, -0.2) is 17.1 Å². The molecule has 0 radical (unpaired) electrons. The van der Waals surface area contributed by atoms with Crippen LogP contribution in [0.5, 0.6) is 5.75 Å². The van der Waals surface area contributed by atoms with Crippen molar-refractivity contribution in [1.29, 1.82) is 0 Å². The van der Waals surface area contributed by atoms with Crippen molar-refractivity contribution in [2.75, 3.05) is 6.61 Å².